The fourth-order valence-electron chi connectivity index (χ4n) is 3.21. The molecule has 8 nitrogen and oxygen atoms in total. The normalized spacial score (nSPS) is 12.1. The van der Waals surface area contributed by atoms with Gasteiger partial charge in [0, 0.05) is 19.0 Å². The Bertz CT molecular complexity index is 1130. The van der Waals surface area contributed by atoms with Gasteiger partial charge in [0.15, 0.2) is 5.82 Å². The van der Waals surface area contributed by atoms with E-state index in [-0.39, 0.29) is 23.2 Å². The molecule has 0 atom stereocenters. The Balaban J connectivity index is 2.04. The van der Waals surface area contributed by atoms with Crippen molar-refractivity contribution in [2.24, 2.45) is 5.14 Å². The number of hydrogen-bond donors (Lipinski definition) is 2. The number of aliphatic hydroxyl groups excluding tert-OH is 1. The second kappa shape index (κ2) is 9.65. The van der Waals surface area contributed by atoms with E-state index in [9.17, 15) is 17.9 Å². The van der Waals surface area contributed by atoms with Gasteiger partial charge in [-0.3, -0.25) is 4.90 Å². The lowest BCUT2D eigenvalue weighted by atomic mass is 10.1. The predicted octanol–water partition coefficient (Wildman–Crippen LogP) is 1.85. The molecule has 0 saturated heterocycles. The standard InChI is InChI=1S/C21H26FN5O3S/c1-15(2)26(10-11-28)14-20-24-21(12-16-6-4-3-5-7-16)27(25-20)19-9-8-17(13-18(19)22)31(23,29)30/h3-9,13,15,28H,10-12,14H2,1-2H3,(H2,23,29,30). The van der Waals surface area contributed by atoms with Gasteiger partial charge in [-0.2, -0.15) is 0 Å². The van der Waals surface area contributed by atoms with E-state index in [1.54, 1.807) is 0 Å². The molecule has 10 heteroatoms. The number of primary sulfonamides is 1. The molecule has 3 N–H and O–H groups in total. The first-order valence-corrected chi connectivity index (χ1v) is 11.4. The highest BCUT2D eigenvalue weighted by atomic mass is 32.2. The fraction of sp³-hybridized carbons (Fsp3) is 0.333. The summed E-state index contributed by atoms with van der Waals surface area (Å²) >= 11 is 0. The minimum absolute atomic E-state index is 0.000581. The first-order valence-electron chi connectivity index (χ1n) is 9.85. The lowest BCUT2D eigenvalue weighted by Crippen LogP contribution is -2.33. The number of aliphatic hydroxyl groups is 1. The number of aromatic nitrogens is 3. The number of hydrogen-bond acceptors (Lipinski definition) is 6. The van der Waals surface area contributed by atoms with Crippen LogP contribution in [0.5, 0.6) is 0 Å². The maximum absolute atomic E-state index is 14.9. The van der Waals surface area contributed by atoms with Crippen LogP contribution in [0.25, 0.3) is 5.69 Å². The van der Waals surface area contributed by atoms with Gasteiger partial charge in [0.05, 0.1) is 18.0 Å². The molecule has 0 unspecified atom stereocenters. The average Bonchev–Trinajstić information content (AvgIpc) is 3.09. The van der Waals surface area contributed by atoms with Crippen LogP contribution in [-0.4, -0.2) is 52.4 Å². The third-order valence-corrected chi connectivity index (χ3v) is 5.77. The summed E-state index contributed by atoms with van der Waals surface area (Å²) in [6.07, 6.45) is 0.409. The van der Waals surface area contributed by atoms with E-state index in [2.05, 4.69) is 10.1 Å². The molecule has 31 heavy (non-hydrogen) atoms. The van der Waals surface area contributed by atoms with E-state index in [1.165, 1.54) is 16.8 Å². The molecule has 166 valence electrons. The molecule has 0 bridgehead atoms. The monoisotopic (exact) mass is 447 g/mol. The zero-order chi connectivity index (χ0) is 22.6. The van der Waals surface area contributed by atoms with Crippen LogP contribution < -0.4 is 5.14 Å². The molecule has 0 spiro atoms. The van der Waals surface area contributed by atoms with Crippen molar-refractivity contribution in [2.45, 2.75) is 37.8 Å². The molecule has 3 aromatic rings. The summed E-state index contributed by atoms with van der Waals surface area (Å²) in [5.74, 6) is 0.215. The van der Waals surface area contributed by atoms with Crippen LogP contribution in [0.15, 0.2) is 53.4 Å². The second-order valence-electron chi connectivity index (χ2n) is 7.46. The Morgan fingerprint density at radius 1 is 1.19 bits per heavy atom. The van der Waals surface area contributed by atoms with Crippen molar-refractivity contribution in [1.82, 2.24) is 19.7 Å². The summed E-state index contributed by atoms with van der Waals surface area (Å²) in [4.78, 5) is 6.31. The predicted molar refractivity (Wildman–Crippen MR) is 115 cm³/mol. The quantitative estimate of drug-likeness (QED) is 0.517. The molecule has 0 radical (unpaired) electrons. The molecule has 0 aliphatic heterocycles. The van der Waals surface area contributed by atoms with Crippen molar-refractivity contribution in [3.8, 4) is 5.69 Å². The maximum atomic E-state index is 14.9. The SMILES string of the molecule is CC(C)N(CCO)Cc1nc(Cc2ccccc2)n(-c2ccc(S(N)(=O)=O)cc2F)n1. The molecule has 0 fully saturated rings. The number of rotatable bonds is 9. The molecular formula is C21H26FN5O3S. The summed E-state index contributed by atoms with van der Waals surface area (Å²) in [6, 6.07) is 13.2. The van der Waals surface area contributed by atoms with Crippen LogP contribution in [0.1, 0.15) is 31.1 Å². The Labute approximate surface area is 181 Å². The summed E-state index contributed by atoms with van der Waals surface area (Å²) in [6.45, 7) is 4.84. The lowest BCUT2D eigenvalue weighted by molar-refractivity contribution is 0.156. The third kappa shape index (κ3) is 5.73. The van der Waals surface area contributed by atoms with Gasteiger partial charge in [0.2, 0.25) is 10.0 Å². The van der Waals surface area contributed by atoms with E-state index in [4.69, 9.17) is 5.14 Å². The lowest BCUT2D eigenvalue weighted by Gasteiger charge is -2.23. The van der Waals surface area contributed by atoms with Crippen LogP contribution >= 0.6 is 0 Å². The van der Waals surface area contributed by atoms with Crippen molar-refractivity contribution < 1.29 is 17.9 Å². The van der Waals surface area contributed by atoms with Crippen LogP contribution in [-0.2, 0) is 23.0 Å². The Kier molecular flexibility index (Phi) is 7.16. The first-order chi connectivity index (χ1) is 14.7. The van der Waals surface area contributed by atoms with E-state index in [0.717, 1.165) is 11.6 Å². The van der Waals surface area contributed by atoms with Crippen molar-refractivity contribution in [1.29, 1.82) is 0 Å². The van der Waals surface area contributed by atoms with Crippen molar-refractivity contribution in [3.63, 3.8) is 0 Å². The minimum Gasteiger partial charge on any atom is -0.395 e. The van der Waals surface area contributed by atoms with Crippen LogP contribution in [0.4, 0.5) is 4.39 Å². The number of nitrogens with zero attached hydrogens (tertiary/aromatic N) is 4. The topological polar surface area (TPSA) is 114 Å². The van der Waals surface area contributed by atoms with Crippen molar-refractivity contribution in [2.75, 3.05) is 13.2 Å². The summed E-state index contributed by atoms with van der Waals surface area (Å²) < 4.78 is 39.3. The number of halogens is 1. The van der Waals surface area contributed by atoms with Gasteiger partial charge in [0.1, 0.15) is 17.3 Å². The largest absolute Gasteiger partial charge is 0.395 e. The zero-order valence-electron chi connectivity index (χ0n) is 17.4. The number of nitrogens with two attached hydrogens (primary N) is 1. The van der Waals surface area contributed by atoms with Gasteiger partial charge in [-0.15, -0.1) is 5.10 Å². The van der Waals surface area contributed by atoms with Gasteiger partial charge in [0.25, 0.3) is 0 Å². The van der Waals surface area contributed by atoms with Crippen LogP contribution in [0, 0.1) is 5.82 Å². The van der Waals surface area contributed by atoms with Gasteiger partial charge < -0.3 is 5.11 Å². The minimum atomic E-state index is -4.03. The number of benzene rings is 2. The van der Waals surface area contributed by atoms with Crippen LogP contribution in [0.3, 0.4) is 0 Å². The van der Waals surface area contributed by atoms with Gasteiger partial charge in [-0.1, -0.05) is 30.3 Å². The summed E-state index contributed by atoms with van der Waals surface area (Å²) in [5.41, 5.74) is 1.05. The number of sulfonamides is 1. The first kappa shape index (κ1) is 23.0. The zero-order valence-corrected chi connectivity index (χ0v) is 18.3. The highest BCUT2D eigenvalue weighted by Gasteiger charge is 2.20. The molecule has 1 aromatic heterocycles. The molecule has 3 rings (SSSR count). The van der Waals surface area contributed by atoms with Gasteiger partial charge in [-0.05, 0) is 37.6 Å². The van der Waals surface area contributed by atoms with Gasteiger partial charge >= 0.3 is 0 Å². The summed E-state index contributed by atoms with van der Waals surface area (Å²) in [7, 11) is -4.03. The molecule has 0 aliphatic rings. The van der Waals surface area contributed by atoms with E-state index >= 15 is 0 Å². The van der Waals surface area contributed by atoms with Gasteiger partial charge in [-0.25, -0.2) is 27.6 Å². The van der Waals surface area contributed by atoms with E-state index in [1.807, 2.05) is 49.1 Å². The molecule has 2 aromatic carbocycles. The summed E-state index contributed by atoms with van der Waals surface area (Å²) in [5, 5.41) is 18.9. The van der Waals surface area contributed by atoms with E-state index in [0.29, 0.717) is 31.2 Å². The molecule has 0 saturated carbocycles. The Morgan fingerprint density at radius 3 is 2.48 bits per heavy atom. The molecule has 1 heterocycles. The molecule has 0 amide bonds. The molecular weight excluding hydrogens is 421 g/mol. The Hall–Kier alpha value is -2.66. The van der Waals surface area contributed by atoms with E-state index < -0.39 is 15.8 Å². The third-order valence-electron chi connectivity index (χ3n) is 4.86. The fourth-order valence-corrected chi connectivity index (χ4v) is 3.74. The highest BCUT2D eigenvalue weighted by molar-refractivity contribution is 7.89. The van der Waals surface area contributed by atoms with Crippen molar-refractivity contribution >= 4 is 10.0 Å². The smallest absolute Gasteiger partial charge is 0.238 e. The van der Waals surface area contributed by atoms with Crippen molar-refractivity contribution in [3.05, 3.63) is 71.6 Å². The average molecular weight is 448 g/mol. The molecule has 0 aliphatic carbocycles. The van der Waals surface area contributed by atoms with Crippen LogP contribution in [0.2, 0.25) is 0 Å². The Morgan fingerprint density at radius 2 is 1.90 bits per heavy atom. The maximum Gasteiger partial charge on any atom is 0.238 e. The highest BCUT2D eigenvalue weighted by Crippen LogP contribution is 2.20. The second-order valence-corrected chi connectivity index (χ2v) is 9.03.